The maximum absolute atomic E-state index is 12.6. The maximum atomic E-state index is 12.6. The van der Waals surface area contributed by atoms with Gasteiger partial charge in [0.15, 0.2) is 6.61 Å². The number of nitrogens with one attached hydrogen (secondary N) is 2. The summed E-state index contributed by atoms with van der Waals surface area (Å²) >= 11 is 12.1. The number of ether oxygens (including phenoxy) is 2. The van der Waals surface area contributed by atoms with Crippen molar-refractivity contribution in [2.24, 2.45) is 5.92 Å². The predicted molar refractivity (Wildman–Crippen MR) is 127 cm³/mol. The minimum atomic E-state index is -4.02. The topological polar surface area (TPSA) is 132 Å². The molecule has 0 aliphatic carbocycles. The first-order valence-electron chi connectivity index (χ1n) is 10.3. The SMILES string of the molecule is CCOC(=O)c1c(C)[nH]c(C(=O)COC(=O)c2cc(S(=O)(=O)NCC(C)C)c(Cl)cc2Cl)c1C. The van der Waals surface area contributed by atoms with E-state index < -0.39 is 34.4 Å². The number of carbonyl (C=O) groups is 3. The van der Waals surface area contributed by atoms with Gasteiger partial charge in [-0.3, -0.25) is 4.79 Å². The normalized spacial score (nSPS) is 11.5. The summed E-state index contributed by atoms with van der Waals surface area (Å²) in [5.41, 5.74) is 0.870. The van der Waals surface area contributed by atoms with E-state index in [0.29, 0.717) is 11.3 Å². The summed E-state index contributed by atoms with van der Waals surface area (Å²) in [5.74, 6) is -2.14. The Hall–Kier alpha value is -2.40. The first-order chi connectivity index (χ1) is 15.8. The lowest BCUT2D eigenvalue weighted by Gasteiger charge is -2.12. The van der Waals surface area contributed by atoms with Gasteiger partial charge in [-0.15, -0.1) is 0 Å². The van der Waals surface area contributed by atoms with Crippen LogP contribution in [0.4, 0.5) is 0 Å². The number of hydrogen-bond acceptors (Lipinski definition) is 7. The molecule has 0 radical (unpaired) electrons. The van der Waals surface area contributed by atoms with Crippen LogP contribution in [0.3, 0.4) is 0 Å². The van der Waals surface area contributed by atoms with Crippen molar-refractivity contribution in [3.05, 3.63) is 50.3 Å². The molecule has 0 amide bonds. The van der Waals surface area contributed by atoms with Crippen LogP contribution < -0.4 is 4.72 Å². The summed E-state index contributed by atoms with van der Waals surface area (Å²) in [7, 11) is -4.02. The second-order valence-electron chi connectivity index (χ2n) is 7.85. The Balaban J connectivity index is 2.23. The number of H-pyrrole nitrogens is 1. The van der Waals surface area contributed by atoms with Gasteiger partial charge in [0.2, 0.25) is 15.8 Å². The Morgan fingerprint density at radius 2 is 1.71 bits per heavy atom. The Labute approximate surface area is 208 Å². The smallest absolute Gasteiger partial charge is 0.340 e. The molecule has 0 aliphatic rings. The number of esters is 2. The third-order valence-electron chi connectivity index (χ3n) is 4.74. The van der Waals surface area contributed by atoms with Gasteiger partial charge < -0.3 is 14.5 Å². The molecule has 0 saturated heterocycles. The molecule has 0 bridgehead atoms. The zero-order valence-electron chi connectivity index (χ0n) is 19.4. The lowest BCUT2D eigenvalue weighted by Crippen LogP contribution is -2.28. The second-order valence-corrected chi connectivity index (χ2v) is 10.4. The molecule has 34 heavy (non-hydrogen) atoms. The molecule has 0 atom stereocenters. The van der Waals surface area contributed by atoms with E-state index in [0.717, 1.165) is 12.1 Å². The first-order valence-corrected chi connectivity index (χ1v) is 12.6. The van der Waals surface area contributed by atoms with Crippen LogP contribution in [-0.2, 0) is 19.5 Å². The van der Waals surface area contributed by atoms with E-state index in [4.69, 9.17) is 32.7 Å². The average molecular weight is 533 g/mol. The number of sulfonamides is 1. The number of ketones is 1. The molecule has 2 rings (SSSR count). The molecule has 2 aromatic rings. The zero-order chi connectivity index (χ0) is 25.8. The summed E-state index contributed by atoms with van der Waals surface area (Å²) in [5, 5.41) is -0.306. The van der Waals surface area contributed by atoms with E-state index >= 15 is 0 Å². The highest BCUT2D eigenvalue weighted by atomic mass is 35.5. The van der Waals surface area contributed by atoms with E-state index in [1.807, 2.05) is 13.8 Å². The van der Waals surface area contributed by atoms with Gasteiger partial charge in [-0.2, -0.15) is 0 Å². The molecular weight excluding hydrogens is 507 g/mol. The van der Waals surface area contributed by atoms with Crippen LogP contribution in [0.25, 0.3) is 0 Å². The van der Waals surface area contributed by atoms with Crippen molar-refractivity contribution in [2.75, 3.05) is 19.8 Å². The monoisotopic (exact) mass is 532 g/mol. The van der Waals surface area contributed by atoms with Crippen molar-refractivity contribution in [1.82, 2.24) is 9.71 Å². The average Bonchev–Trinajstić information content (AvgIpc) is 3.04. The lowest BCUT2D eigenvalue weighted by atomic mass is 10.1. The Morgan fingerprint density at radius 1 is 1.06 bits per heavy atom. The van der Waals surface area contributed by atoms with Crippen LogP contribution in [0.15, 0.2) is 17.0 Å². The molecule has 0 unspecified atom stereocenters. The Bertz CT molecular complexity index is 1220. The minimum absolute atomic E-state index is 0.0423. The highest BCUT2D eigenvalue weighted by molar-refractivity contribution is 7.89. The Morgan fingerprint density at radius 3 is 2.29 bits per heavy atom. The summed E-state index contributed by atoms with van der Waals surface area (Å²) < 4.78 is 37.6. The number of hydrogen-bond donors (Lipinski definition) is 2. The summed E-state index contributed by atoms with van der Waals surface area (Å²) in [6, 6.07) is 2.12. The molecule has 1 aromatic carbocycles. The third kappa shape index (κ3) is 6.38. The van der Waals surface area contributed by atoms with Crippen molar-refractivity contribution in [3.63, 3.8) is 0 Å². The van der Waals surface area contributed by atoms with Gasteiger partial charge >= 0.3 is 11.9 Å². The van der Waals surface area contributed by atoms with E-state index in [-0.39, 0.29) is 50.8 Å². The van der Waals surface area contributed by atoms with Crippen LogP contribution in [-0.4, -0.2) is 50.9 Å². The van der Waals surface area contributed by atoms with Gasteiger partial charge in [-0.25, -0.2) is 22.7 Å². The molecule has 12 heteroatoms. The van der Waals surface area contributed by atoms with Crippen molar-refractivity contribution < 1.29 is 32.3 Å². The second kappa shape index (κ2) is 11.4. The van der Waals surface area contributed by atoms with Crippen molar-refractivity contribution in [3.8, 4) is 0 Å². The molecule has 0 spiro atoms. The fraction of sp³-hybridized carbons (Fsp3) is 0.409. The molecule has 1 aromatic heterocycles. The fourth-order valence-corrected chi connectivity index (χ4v) is 5.13. The number of aryl methyl sites for hydroxylation is 1. The highest BCUT2D eigenvalue weighted by Gasteiger charge is 2.26. The largest absolute Gasteiger partial charge is 0.462 e. The van der Waals surface area contributed by atoms with Gasteiger partial charge in [-0.1, -0.05) is 37.0 Å². The standard InChI is InChI=1S/C22H26Cl2N2O7S/c1-6-32-22(29)19-12(4)20(26-13(19)5)17(27)10-33-21(28)14-7-18(16(24)8-15(14)23)34(30,31)25-9-11(2)3/h7-8,11,25-26H,6,9-10H2,1-5H3. The fourth-order valence-electron chi connectivity index (χ4n) is 3.06. The predicted octanol–water partition coefficient (Wildman–Crippen LogP) is 4.09. The molecule has 2 N–H and O–H groups in total. The van der Waals surface area contributed by atoms with Gasteiger partial charge in [0.25, 0.3) is 0 Å². The molecule has 186 valence electrons. The van der Waals surface area contributed by atoms with Gasteiger partial charge in [0, 0.05) is 12.2 Å². The van der Waals surface area contributed by atoms with E-state index in [1.54, 1.807) is 20.8 Å². The number of rotatable bonds is 10. The van der Waals surface area contributed by atoms with Crippen LogP contribution in [0.1, 0.15) is 63.2 Å². The van der Waals surface area contributed by atoms with E-state index in [1.165, 1.54) is 0 Å². The van der Waals surface area contributed by atoms with Crippen LogP contribution in [0.5, 0.6) is 0 Å². The number of carbonyl (C=O) groups excluding carboxylic acids is 3. The molecule has 9 nitrogen and oxygen atoms in total. The Kier molecular flexibility index (Phi) is 9.29. The lowest BCUT2D eigenvalue weighted by molar-refractivity contribution is 0.0472. The van der Waals surface area contributed by atoms with E-state index in [2.05, 4.69) is 9.71 Å². The molecule has 0 aliphatic heterocycles. The van der Waals surface area contributed by atoms with Gasteiger partial charge in [-0.05, 0) is 44.4 Å². The number of aromatic nitrogens is 1. The summed E-state index contributed by atoms with van der Waals surface area (Å²) in [6.07, 6.45) is 0. The number of aromatic amines is 1. The van der Waals surface area contributed by atoms with Gasteiger partial charge in [0.05, 0.1) is 33.5 Å². The van der Waals surface area contributed by atoms with Crippen molar-refractivity contribution >= 4 is 50.9 Å². The molecule has 0 saturated carbocycles. The van der Waals surface area contributed by atoms with Crippen LogP contribution in [0, 0.1) is 19.8 Å². The number of halogens is 2. The first kappa shape index (κ1) is 27.8. The third-order valence-corrected chi connectivity index (χ3v) is 6.94. The van der Waals surface area contributed by atoms with Crippen LogP contribution >= 0.6 is 23.2 Å². The number of Topliss-reactive ketones (excluding diaryl/α,β-unsaturated/α-hetero) is 1. The van der Waals surface area contributed by atoms with Crippen molar-refractivity contribution in [1.29, 1.82) is 0 Å². The van der Waals surface area contributed by atoms with Gasteiger partial charge in [0.1, 0.15) is 4.90 Å². The molecular formula is C22H26Cl2N2O7S. The summed E-state index contributed by atoms with van der Waals surface area (Å²) in [6.45, 7) is 8.18. The van der Waals surface area contributed by atoms with Crippen LogP contribution in [0.2, 0.25) is 10.0 Å². The minimum Gasteiger partial charge on any atom is -0.462 e. The molecule has 0 fully saturated rings. The quantitative estimate of drug-likeness (QED) is 0.347. The zero-order valence-corrected chi connectivity index (χ0v) is 21.7. The number of benzene rings is 1. The maximum Gasteiger partial charge on any atom is 0.340 e. The highest BCUT2D eigenvalue weighted by Crippen LogP contribution is 2.29. The van der Waals surface area contributed by atoms with Crippen molar-refractivity contribution in [2.45, 2.75) is 39.5 Å². The molecule has 1 heterocycles. The summed E-state index contributed by atoms with van der Waals surface area (Å²) in [4.78, 5) is 39.8. The van der Waals surface area contributed by atoms with E-state index in [9.17, 15) is 22.8 Å².